The molecule has 3 aliphatic rings. The number of carbonyl (C=O) groups excluding carboxylic acids is 3. The number of fused-ring (bicyclic) bond motifs is 5. The first kappa shape index (κ1) is 30.2. The largest absolute Gasteiger partial charge is 0.297 e. The van der Waals surface area contributed by atoms with Crippen LogP contribution in [0.1, 0.15) is 22.3 Å². The van der Waals surface area contributed by atoms with E-state index in [2.05, 4.69) is 0 Å². The molecule has 47 heavy (non-hydrogen) atoms. The van der Waals surface area contributed by atoms with E-state index in [1.54, 1.807) is 66.7 Å². The molecule has 8 rings (SSSR count). The van der Waals surface area contributed by atoms with Crippen LogP contribution in [0.2, 0.25) is 20.1 Å². The second-order valence-corrected chi connectivity index (χ2v) is 13.6. The van der Waals surface area contributed by atoms with Crippen LogP contribution in [0, 0.1) is 11.8 Å². The van der Waals surface area contributed by atoms with Gasteiger partial charge in [-0.2, -0.15) is 0 Å². The maximum absolute atomic E-state index is 15.9. The van der Waals surface area contributed by atoms with Crippen molar-refractivity contribution in [1.29, 1.82) is 0 Å². The average molecular weight is 695 g/mol. The molecule has 4 atom stereocenters. The van der Waals surface area contributed by atoms with Gasteiger partial charge in [0.15, 0.2) is 5.78 Å². The van der Waals surface area contributed by atoms with Crippen LogP contribution in [0.4, 0.5) is 5.69 Å². The van der Waals surface area contributed by atoms with Gasteiger partial charge in [0.05, 0.1) is 38.4 Å². The van der Waals surface area contributed by atoms with Crippen LogP contribution in [0.5, 0.6) is 0 Å². The minimum Gasteiger partial charge on any atom is -0.297 e. The van der Waals surface area contributed by atoms with E-state index in [-0.39, 0.29) is 21.5 Å². The van der Waals surface area contributed by atoms with Crippen molar-refractivity contribution in [2.45, 2.75) is 10.8 Å². The van der Waals surface area contributed by atoms with Crippen molar-refractivity contribution < 1.29 is 14.4 Å². The molecule has 4 nitrogen and oxygen atoms in total. The molecule has 2 bridgehead atoms. The lowest BCUT2D eigenvalue weighted by atomic mass is 9.59. The van der Waals surface area contributed by atoms with E-state index >= 15 is 14.4 Å². The predicted octanol–water partition coefficient (Wildman–Crippen LogP) is 9.49. The number of hydrogen-bond acceptors (Lipinski definition) is 3. The van der Waals surface area contributed by atoms with E-state index in [0.717, 1.165) is 16.0 Å². The van der Waals surface area contributed by atoms with Gasteiger partial charge in [0.25, 0.3) is 0 Å². The molecule has 5 aromatic carbocycles. The van der Waals surface area contributed by atoms with E-state index in [0.29, 0.717) is 32.3 Å². The van der Waals surface area contributed by atoms with E-state index in [1.165, 1.54) is 0 Å². The highest BCUT2D eigenvalue weighted by Crippen LogP contribution is 2.74. The number of ketones is 1. The van der Waals surface area contributed by atoms with Crippen molar-refractivity contribution in [2.24, 2.45) is 11.8 Å². The van der Waals surface area contributed by atoms with Crippen molar-refractivity contribution in [3.8, 4) is 0 Å². The van der Waals surface area contributed by atoms with Crippen LogP contribution in [-0.4, -0.2) is 17.6 Å². The fourth-order valence-electron chi connectivity index (χ4n) is 8.26. The Bertz CT molecular complexity index is 2020. The summed E-state index contributed by atoms with van der Waals surface area (Å²) in [5.74, 6) is -3.53. The standard InChI is InChI=1S/C39H23Cl4NO3/c40-26-18-14-24(15-19-26)38-30(22-8-3-1-4-9-22)31(23-10-5-2-6-11-23)39(37(38)47,25-16-20-27(41)21-17-25)33-32(38)35(45)44(36(33)46)29-13-7-12-28(42)34(29)43/h1-21,32-33H/t32-,33-,38+,39+/m1/s1. The molecule has 1 saturated heterocycles. The van der Waals surface area contributed by atoms with Gasteiger partial charge in [0.1, 0.15) is 0 Å². The number of anilines is 1. The molecular weight excluding hydrogens is 672 g/mol. The first-order chi connectivity index (χ1) is 22.7. The van der Waals surface area contributed by atoms with Crippen molar-refractivity contribution in [1.82, 2.24) is 0 Å². The molecular formula is C39H23Cl4NO3. The highest BCUT2D eigenvalue weighted by Gasteiger charge is 2.82. The number of imide groups is 1. The Labute approximate surface area is 291 Å². The van der Waals surface area contributed by atoms with Crippen molar-refractivity contribution in [3.05, 3.63) is 170 Å². The first-order valence-electron chi connectivity index (χ1n) is 15.0. The molecule has 5 aromatic rings. The van der Waals surface area contributed by atoms with Crippen LogP contribution in [0.15, 0.2) is 127 Å². The summed E-state index contributed by atoms with van der Waals surface area (Å²) in [4.78, 5) is 47.2. The summed E-state index contributed by atoms with van der Waals surface area (Å²) in [7, 11) is 0. The van der Waals surface area contributed by atoms with Gasteiger partial charge in [-0.3, -0.25) is 14.4 Å². The number of allylic oxidation sites excluding steroid dienone is 2. The van der Waals surface area contributed by atoms with Gasteiger partial charge >= 0.3 is 0 Å². The molecule has 8 heteroatoms. The molecule has 1 aliphatic heterocycles. The quantitative estimate of drug-likeness (QED) is 0.172. The van der Waals surface area contributed by atoms with Crippen molar-refractivity contribution in [3.63, 3.8) is 0 Å². The Kier molecular flexibility index (Phi) is 7.02. The third-order valence-electron chi connectivity index (χ3n) is 9.89. The van der Waals surface area contributed by atoms with Crippen LogP contribution >= 0.6 is 46.4 Å². The van der Waals surface area contributed by atoms with E-state index in [9.17, 15) is 0 Å². The fourth-order valence-corrected chi connectivity index (χ4v) is 8.89. The summed E-state index contributed by atoms with van der Waals surface area (Å²) in [6.07, 6.45) is 0. The Morgan fingerprint density at radius 1 is 0.489 bits per heavy atom. The zero-order valence-electron chi connectivity index (χ0n) is 24.5. The topological polar surface area (TPSA) is 54.5 Å². The van der Waals surface area contributed by atoms with Crippen LogP contribution in [0.25, 0.3) is 11.1 Å². The molecule has 0 spiro atoms. The maximum atomic E-state index is 15.9. The molecule has 1 heterocycles. The normalized spacial score (nSPS) is 24.8. The summed E-state index contributed by atoms with van der Waals surface area (Å²) >= 11 is 25.9. The molecule has 0 aromatic heterocycles. The Hall–Kier alpha value is -4.19. The van der Waals surface area contributed by atoms with Gasteiger partial charge in [-0.15, -0.1) is 0 Å². The van der Waals surface area contributed by atoms with E-state index in [1.807, 2.05) is 60.7 Å². The number of halogens is 4. The molecule has 2 amide bonds. The molecule has 2 aliphatic carbocycles. The van der Waals surface area contributed by atoms with Crippen molar-refractivity contribution >= 4 is 80.8 Å². The monoisotopic (exact) mass is 693 g/mol. The lowest BCUT2D eigenvalue weighted by molar-refractivity contribution is -0.130. The summed E-state index contributed by atoms with van der Waals surface area (Å²) in [6.45, 7) is 0. The number of carbonyl (C=O) groups is 3. The Balaban J connectivity index is 1.56. The van der Waals surface area contributed by atoms with Gasteiger partial charge in [-0.1, -0.05) is 137 Å². The third kappa shape index (κ3) is 3.93. The van der Waals surface area contributed by atoms with Crippen molar-refractivity contribution in [2.75, 3.05) is 4.90 Å². The van der Waals surface area contributed by atoms with E-state index < -0.39 is 34.5 Å². The molecule has 1 saturated carbocycles. The highest BCUT2D eigenvalue weighted by molar-refractivity contribution is 6.46. The minimum atomic E-state index is -1.58. The summed E-state index contributed by atoms with van der Waals surface area (Å²) < 4.78 is 0. The number of amides is 2. The van der Waals surface area contributed by atoms with E-state index in [4.69, 9.17) is 46.4 Å². The SMILES string of the molecule is O=C1[C@H]2[C@H](C(=O)N1c1cccc(Cl)c1Cl)[C@@]1(c3ccc(Cl)cc3)C(=O)[C@@]2(c2ccc(Cl)cc2)C(c2ccccc2)=C1c1ccccc1. The third-order valence-corrected chi connectivity index (χ3v) is 11.2. The first-order valence-corrected chi connectivity index (χ1v) is 16.5. The lowest BCUT2D eigenvalue weighted by Crippen LogP contribution is -2.45. The minimum absolute atomic E-state index is 0.0788. The van der Waals surface area contributed by atoms with Crippen LogP contribution < -0.4 is 4.90 Å². The summed E-state index contributed by atoms with van der Waals surface area (Å²) in [6, 6.07) is 38.1. The predicted molar refractivity (Wildman–Crippen MR) is 187 cm³/mol. The fraction of sp³-hybridized carbons (Fsp3) is 0.103. The maximum Gasteiger partial charge on any atom is 0.239 e. The molecule has 0 N–H and O–H groups in total. The second-order valence-electron chi connectivity index (χ2n) is 12.0. The highest BCUT2D eigenvalue weighted by atomic mass is 35.5. The van der Waals surface area contributed by atoms with Gasteiger partial charge in [0, 0.05) is 10.0 Å². The zero-order valence-corrected chi connectivity index (χ0v) is 27.5. The van der Waals surface area contributed by atoms with Gasteiger partial charge in [-0.25, -0.2) is 4.90 Å². The molecule has 2 fully saturated rings. The Morgan fingerprint density at radius 2 is 0.915 bits per heavy atom. The molecule has 230 valence electrons. The number of benzene rings is 5. The average Bonchev–Trinajstić information content (AvgIpc) is 3.59. The molecule has 0 radical (unpaired) electrons. The van der Waals surface area contributed by atoms with Gasteiger partial charge in [-0.05, 0) is 69.8 Å². The number of rotatable bonds is 5. The van der Waals surface area contributed by atoms with Crippen LogP contribution in [-0.2, 0) is 25.2 Å². The Morgan fingerprint density at radius 3 is 1.34 bits per heavy atom. The number of nitrogens with zero attached hydrogens (tertiary/aromatic N) is 1. The number of hydrogen-bond donors (Lipinski definition) is 0. The smallest absolute Gasteiger partial charge is 0.239 e. The number of Topliss-reactive ketones (excluding diaryl/α,β-unsaturated/α-hetero) is 1. The zero-order chi connectivity index (χ0) is 32.7. The molecule has 0 unspecified atom stereocenters. The summed E-state index contributed by atoms with van der Waals surface area (Å²) in [5, 5.41) is 1.23. The summed E-state index contributed by atoms with van der Waals surface area (Å²) in [5.41, 5.74) is 1.05. The second kappa shape index (κ2) is 10.9. The van der Waals surface area contributed by atoms with Crippen LogP contribution in [0.3, 0.4) is 0 Å². The van der Waals surface area contributed by atoms with Gasteiger partial charge in [0.2, 0.25) is 11.8 Å². The lowest BCUT2D eigenvalue weighted by Gasteiger charge is -2.39. The van der Waals surface area contributed by atoms with Gasteiger partial charge < -0.3 is 0 Å².